The molecule has 1 amide bonds. The molecule has 0 saturated heterocycles. The van der Waals surface area contributed by atoms with Crippen LogP contribution in [0.1, 0.15) is 26.3 Å². The van der Waals surface area contributed by atoms with E-state index in [9.17, 15) is 4.79 Å². The zero-order valence-corrected chi connectivity index (χ0v) is 14.7. The third kappa shape index (κ3) is 5.57. The number of alkyl carbamates (subject to hydrolysis) is 1. The van der Waals surface area contributed by atoms with Crippen LogP contribution in [0.5, 0.6) is 5.88 Å². The lowest BCUT2D eigenvalue weighted by Gasteiger charge is -2.19. The highest BCUT2D eigenvalue weighted by atomic mass is 16.6. The molecule has 1 heterocycles. The first-order valence-electron chi connectivity index (χ1n) is 7.98. The number of aromatic nitrogens is 1. The van der Waals surface area contributed by atoms with E-state index >= 15 is 0 Å². The Labute approximate surface area is 147 Å². The van der Waals surface area contributed by atoms with E-state index in [1.807, 2.05) is 30.3 Å². The minimum Gasteiger partial charge on any atom is -0.473 e. The maximum absolute atomic E-state index is 11.6. The molecule has 6 nitrogen and oxygen atoms in total. The lowest BCUT2D eigenvalue weighted by molar-refractivity contribution is 0.0519. The van der Waals surface area contributed by atoms with E-state index in [0.717, 1.165) is 5.56 Å². The van der Waals surface area contributed by atoms with E-state index in [2.05, 4.69) is 16.4 Å². The van der Waals surface area contributed by atoms with E-state index in [4.69, 9.17) is 20.4 Å². The number of ether oxygens (including phenoxy) is 2. The second-order valence-corrected chi connectivity index (χ2v) is 6.32. The summed E-state index contributed by atoms with van der Waals surface area (Å²) in [6.45, 7) is 5.90. The molecule has 0 spiro atoms. The summed E-state index contributed by atoms with van der Waals surface area (Å²) < 4.78 is 16.1. The van der Waals surface area contributed by atoms with Gasteiger partial charge in [0.05, 0.1) is 12.1 Å². The molecule has 1 aromatic carbocycles. The number of nitrogens with one attached hydrogen (secondary N) is 1. The number of terminal acetylenes is 1. The van der Waals surface area contributed by atoms with Crippen molar-refractivity contribution in [2.24, 2.45) is 0 Å². The van der Waals surface area contributed by atoms with Crippen LogP contribution in [0.2, 0.25) is 0 Å². The van der Waals surface area contributed by atoms with Crippen LogP contribution in [0.15, 0.2) is 34.9 Å². The minimum atomic E-state index is -0.540. The Bertz CT molecular complexity index is 739. The predicted molar refractivity (Wildman–Crippen MR) is 94.2 cm³/mol. The maximum Gasteiger partial charge on any atom is 0.407 e. The van der Waals surface area contributed by atoms with Crippen molar-refractivity contribution in [2.45, 2.75) is 32.8 Å². The SMILES string of the molecule is C#CCc1c(OCCNC(=O)OC(C)(C)C)noc1-c1ccccc1. The number of benzene rings is 1. The lowest BCUT2D eigenvalue weighted by atomic mass is 10.1. The fourth-order valence-corrected chi connectivity index (χ4v) is 2.10. The van der Waals surface area contributed by atoms with E-state index < -0.39 is 11.7 Å². The van der Waals surface area contributed by atoms with Gasteiger partial charge in [-0.25, -0.2) is 4.79 Å². The molecule has 2 rings (SSSR count). The predicted octanol–water partition coefficient (Wildman–Crippen LogP) is 3.42. The van der Waals surface area contributed by atoms with Crippen LogP contribution in [-0.2, 0) is 11.2 Å². The molecular weight excluding hydrogens is 320 g/mol. The van der Waals surface area contributed by atoms with Gasteiger partial charge in [-0.3, -0.25) is 0 Å². The van der Waals surface area contributed by atoms with Crippen molar-refractivity contribution in [3.8, 4) is 29.5 Å². The third-order valence-electron chi connectivity index (χ3n) is 3.08. The summed E-state index contributed by atoms with van der Waals surface area (Å²) in [6, 6.07) is 9.55. The van der Waals surface area contributed by atoms with Crippen LogP contribution in [0.25, 0.3) is 11.3 Å². The number of hydrogen-bond donors (Lipinski definition) is 1. The van der Waals surface area contributed by atoms with Gasteiger partial charge >= 0.3 is 6.09 Å². The monoisotopic (exact) mass is 342 g/mol. The van der Waals surface area contributed by atoms with Crippen LogP contribution in [0.3, 0.4) is 0 Å². The first-order chi connectivity index (χ1) is 11.9. The van der Waals surface area contributed by atoms with Gasteiger partial charge in [-0.05, 0) is 25.9 Å². The number of nitrogens with zero attached hydrogens (tertiary/aromatic N) is 1. The van der Waals surface area contributed by atoms with Crippen molar-refractivity contribution in [1.82, 2.24) is 10.5 Å². The smallest absolute Gasteiger partial charge is 0.407 e. The topological polar surface area (TPSA) is 73.6 Å². The number of carbonyl (C=O) groups excluding carboxylic acids is 1. The standard InChI is InChI=1S/C19H22N2O4/c1-5-9-15-16(14-10-7-6-8-11-14)25-21-17(15)23-13-12-20-18(22)24-19(2,3)4/h1,6-8,10-11H,9,12-13H2,2-4H3,(H,20,22). The molecule has 0 aliphatic rings. The molecule has 6 heteroatoms. The number of rotatable bonds is 6. The zero-order chi connectivity index (χ0) is 18.3. The van der Waals surface area contributed by atoms with Gasteiger partial charge in [-0.1, -0.05) is 30.3 Å². The highest BCUT2D eigenvalue weighted by molar-refractivity contribution is 5.67. The highest BCUT2D eigenvalue weighted by Gasteiger charge is 2.19. The molecule has 0 bridgehead atoms. The Hall–Kier alpha value is -2.94. The minimum absolute atomic E-state index is 0.220. The van der Waals surface area contributed by atoms with Gasteiger partial charge < -0.3 is 19.3 Å². The largest absolute Gasteiger partial charge is 0.473 e. The van der Waals surface area contributed by atoms with Gasteiger partial charge in [0.15, 0.2) is 5.76 Å². The second kappa shape index (κ2) is 8.25. The Kier molecular flexibility index (Phi) is 6.07. The summed E-state index contributed by atoms with van der Waals surface area (Å²) in [6.07, 6.45) is 5.28. The lowest BCUT2D eigenvalue weighted by Crippen LogP contribution is -2.34. The normalized spacial score (nSPS) is 10.8. The van der Waals surface area contributed by atoms with E-state index in [1.165, 1.54) is 0 Å². The first kappa shape index (κ1) is 18.4. The van der Waals surface area contributed by atoms with E-state index in [1.54, 1.807) is 20.8 Å². The molecule has 25 heavy (non-hydrogen) atoms. The molecule has 0 aliphatic carbocycles. The number of hydrogen-bond acceptors (Lipinski definition) is 5. The summed E-state index contributed by atoms with van der Waals surface area (Å²) in [5.74, 6) is 3.51. The van der Waals surface area contributed by atoms with Crippen molar-refractivity contribution in [3.05, 3.63) is 35.9 Å². The van der Waals surface area contributed by atoms with Gasteiger partial charge in [-0.15, -0.1) is 12.3 Å². The molecule has 0 radical (unpaired) electrons. The molecule has 0 saturated carbocycles. The van der Waals surface area contributed by atoms with Crippen LogP contribution in [-0.4, -0.2) is 30.0 Å². The van der Waals surface area contributed by atoms with E-state index in [0.29, 0.717) is 23.6 Å². The zero-order valence-electron chi connectivity index (χ0n) is 14.7. The van der Waals surface area contributed by atoms with Crippen molar-refractivity contribution in [3.63, 3.8) is 0 Å². The average Bonchev–Trinajstić information content (AvgIpc) is 2.94. The molecule has 0 atom stereocenters. The van der Waals surface area contributed by atoms with Crippen molar-refractivity contribution >= 4 is 6.09 Å². The van der Waals surface area contributed by atoms with Crippen LogP contribution < -0.4 is 10.1 Å². The first-order valence-corrected chi connectivity index (χ1v) is 7.98. The van der Waals surface area contributed by atoms with E-state index in [-0.39, 0.29) is 13.2 Å². The molecule has 1 aromatic heterocycles. The van der Waals surface area contributed by atoms with Gasteiger partial charge in [0, 0.05) is 12.0 Å². The summed E-state index contributed by atoms with van der Waals surface area (Å²) in [5.41, 5.74) is 1.05. The third-order valence-corrected chi connectivity index (χ3v) is 3.08. The summed E-state index contributed by atoms with van der Waals surface area (Å²) >= 11 is 0. The maximum atomic E-state index is 11.6. The van der Waals surface area contributed by atoms with Crippen molar-refractivity contribution < 1.29 is 18.8 Å². The van der Waals surface area contributed by atoms with Crippen molar-refractivity contribution in [2.75, 3.05) is 13.2 Å². The second-order valence-electron chi connectivity index (χ2n) is 6.32. The Morgan fingerprint density at radius 3 is 2.68 bits per heavy atom. The summed E-state index contributed by atoms with van der Waals surface area (Å²) in [4.78, 5) is 11.6. The summed E-state index contributed by atoms with van der Waals surface area (Å²) in [5, 5.41) is 6.57. The van der Waals surface area contributed by atoms with Gasteiger partial charge in [0.1, 0.15) is 12.2 Å². The Balaban J connectivity index is 1.95. The molecule has 1 N–H and O–H groups in total. The van der Waals surface area contributed by atoms with Crippen LogP contribution in [0.4, 0.5) is 4.79 Å². The quantitative estimate of drug-likeness (QED) is 0.643. The van der Waals surface area contributed by atoms with Crippen LogP contribution >= 0.6 is 0 Å². The van der Waals surface area contributed by atoms with Crippen molar-refractivity contribution in [1.29, 1.82) is 0 Å². The van der Waals surface area contributed by atoms with Gasteiger partial charge in [-0.2, -0.15) is 0 Å². The fourth-order valence-electron chi connectivity index (χ4n) is 2.10. The number of carbonyl (C=O) groups is 1. The number of amides is 1. The Morgan fingerprint density at radius 2 is 2.04 bits per heavy atom. The summed E-state index contributed by atoms with van der Waals surface area (Å²) in [7, 11) is 0. The molecule has 0 aliphatic heterocycles. The molecule has 0 fully saturated rings. The van der Waals surface area contributed by atoms with Gasteiger partial charge in [0.2, 0.25) is 0 Å². The molecular formula is C19H22N2O4. The highest BCUT2D eigenvalue weighted by Crippen LogP contribution is 2.30. The Morgan fingerprint density at radius 1 is 1.32 bits per heavy atom. The molecule has 2 aromatic rings. The fraction of sp³-hybridized carbons (Fsp3) is 0.368. The average molecular weight is 342 g/mol. The molecule has 132 valence electrons. The molecule has 0 unspecified atom stereocenters. The van der Waals surface area contributed by atoms with Crippen LogP contribution in [0, 0.1) is 12.3 Å². The van der Waals surface area contributed by atoms with Gasteiger partial charge in [0.25, 0.3) is 5.88 Å².